The monoisotopic (exact) mass is 264 g/mol. The smallest absolute Gasteiger partial charge is 0.0308 e. The summed E-state index contributed by atoms with van der Waals surface area (Å²) in [6, 6.07) is 0.849. The van der Waals surface area contributed by atoms with Crippen LogP contribution in [0.2, 0.25) is 0 Å². The molecule has 110 valence electrons. The first-order chi connectivity index (χ1) is 9.10. The molecule has 3 aliphatic rings. The highest BCUT2D eigenvalue weighted by Crippen LogP contribution is 2.42. The van der Waals surface area contributed by atoms with Gasteiger partial charge in [0, 0.05) is 18.1 Å². The van der Waals surface area contributed by atoms with E-state index in [-0.39, 0.29) is 0 Å². The molecule has 0 aromatic rings. The Morgan fingerprint density at radius 2 is 1.84 bits per heavy atom. The standard InChI is InChI=1S/C17H32N2/c1-13-6-4-7-16(14(13)2)19-11-5-10-18-17(3,12-19)15-8-9-15/h13-16,18H,4-12H2,1-3H3. The first-order valence-corrected chi connectivity index (χ1v) is 8.59. The van der Waals surface area contributed by atoms with E-state index in [9.17, 15) is 0 Å². The minimum Gasteiger partial charge on any atom is -0.310 e. The Morgan fingerprint density at radius 3 is 2.58 bits per heavy atom. The molecule has 4 unspecified atom stereocenters. The normalized spacial score (nSPS) is 45.9. The fourth-order valence-electron chi connectivity index (χ4n) is 4.56. The van der Waals surface area contributed by atoms with E-state index in [0.29, 0.717) is 5.54 Å². The van der Waals surface area contributed by atoms with Gasteiger partial charge in [-0.1, -0.05) is 26.7 Å². The Bertz CT molecular complexity index is 312. The molecule has 1 aliphatic heterocycles. The lowest BCUT2D eigenvalue weighted by Gasteiger charge is -2.44. The molecule has 3 fully saturated rings. The van der Waals surface area contributed by atoms with Gasteiger partial charge in [0.2, 0.25) is 0 Å². The Balaban J connectivity index is 1.71. The largest absolute Gasteiger partial charge is 0.310 e. The van der Waals surface area contributed by atoms with Crippen LogP contribution in [-0.2, 0) is 0 Å². The van der Waals surface area contributed by atoms with Crippen LogP contribution in [0.4, 0.5) is 0 Å². The highest BCUT2D eigenvalue weighted by atomic mass is 15.2. The number of nitrogens with zero attached hydrogens (tertiary/aromatic N) is 1. The molecule has 0 aromatic carbocycles. The molecule has 2 heteroatoms. The molecule has 0 amide bonds. The molecule has 2 saturated carbocycles. The maximum Gasteiger partial charge on any atom is 0.0308 e. The van der Waals surface area contributed by atoms with Crippen LogP contribution in [0.5, 0.6) is 0 Å². The molecule has 19 heavy (non-hydrogen) atoms. The van der Waals surface area contributed by atoms with Gasteiger partial charge in [-0.15, -0.1) is 0 Å². The van der Waals surface area contributed by atoms with Crippen molar-refractivity contribution < 1.29 is 0 Å². The Hall–Kier alpha value is -0.0800. The summed E-state index contributed by atoms with van der Waals surface area (Å²) in [4.78, 5) is 2.86. The average Bonchev–Trinajstić information content (AvgIpc) is 3.20. The van der Waals surface area contributed by atoms with Gasteiger partial charge >= 0.3 is 0 Å². The zero-order chi connectivity index (χ0) is 13.5. The van der Waals surface area contributed by atoms with Crippen LogP contribution in [-0.4, -0.2) is 36.1 Å². The molecule has 4 atom stereocenters. The summed E-state index contributed by atoms with van der Waals surface area (Å²) in [7, 11) is 0. The van der Waals surface area contributed by atoms with Crippen molar-refractivity contribution in [3.8, 4) is 0 Å². The molecule has 0 aromatic heterocycles. The topological polar surface area (TPSA) is 15.3 Å². The molecule has 1 N–H and O–H groups in total. The minimum absolute atomic E-state index is 0.400. The van der Waals surface area contributed by atoms with E-state index in [4.69, 9.17) is 0 Å². The molecule has 1 heterocycles. The summed E-state index contributed by atoms with van der Waals surface area (Å²) >= 11 is 0. The first kappa shape index (κ1) is 13.9. The van der Waals surface area contributed by atoms with Crippen molar-refractivity contribution in [2.45, 2.75) is 70.9 Å². The SMILES string of the molecule is CC1CCCC(N2CCCNC(C)(C3CC3)C2)C1C. The van der Waals surface area contributed by atoms with Crippen molar-refractivity contribution in [1.29, 1.82) is 0 Å². The van der Waals surface area contributed by atoms with Crippen LogP contribution in [0.25, 0.3) is 0 Å². The summed E-state index contributed by atoms with van der Waals surface area (Å²) in [6.45, 7) is 11.3. The molecule has 3 rings (SSSR count). The van der Waals surface area contributed by atoms with Gasteiger partial charge in [-0.3, -0.25) is 4.90 Å². The fraction of sp³-hybridized carbons (Fsp3) is 1.00. The second kappa shape index (κ2) is 5.37. The van der Waals surface area contributed by atoms with Gasteiger partial charge in [0.05, 0.1) is 0 Å². The number of rotatable bonds is 2. The third-order valence-electron chi connectivity index (χ3n) is 6.29. The van der Waals surface area contributed by atoms with E-state index in [1.165, 1.54) is 58.2 Å². The van der Waals surface area contributed by atoms with Gasteiger partial charge in [-0.05, 0) is 63.5 Å². The Morgan fingerprint density at radius 1 is 1.05 bits per heavy atom. The van der Waals surface area contributed by atoms with Gasteiger partial charge in [-0.25, -0.2) is 0 Å². The summed E-state index contributed by atoms with van der Waals surface area (Å²) in [5.74, 6) is 2.75. The van der Waals surface area contributed by atoms with Crippen molar-refractivity contribution in [3.63, 3.8) is 0 Å². The molecule has 0 radical (unpaired) electrons. The molecular formula is C17H32N2. The predicted molar refractivity (Wildman–Crippen MR) is 81.3 cm³/mol. The highest BCUT2D eigenvalue weighted by molar-refractivity contribution is 5.02. The Labute approximate surface area is 119 Å². The minimum atomic E-state index is 0.400. The summed E-state index contributed by atoms with van der Waals surface area (Å²) in [6.07, 6.45) is 8.57. The van der Waals surface area contributed by atoms with Gasteiger partial charge in [-0.2, -0.15) is 0 Å². The number of hydrogen-bond acceptors (Lipinski definition) is 2. The summed E-state index contributed by atoms with van der Waals surface area (Å²) < 4.78 is 0. The zero-order valence-corrected chi connectivity index (χ0v) is 13.1. The number of hydrogen-bond donors (Lipinski definition) is 1. The molecule has 2 nitrogen and oxygen atoms in total. The van der Waals surface area contributed by atoms with Crippen LogP contribution in [0.15, 0.2) is 0 Å². The average molecular weight is 264 g/mol. The lowest BCUT2D eigenvalue weighted by Crippen LogP contribution is -2.54. The second-order valence-electron chi connectivity index (χ2n) is 7.78. The van der Waals surface area contributed by atoms with E-state index >= 15 is 0 Å². The molecule has 1 saturated heterocycles. The summed E-state index contributed by atoms with van der Waals surface area (Å²) in [5.41, 5.74) is 0.400. The van der Waals surface area contributed by atoms with Crippen molar-refractivity contribution in [2.24, 2.45) is 17.8 Å². The van der Waals surface area contributed by atoms with Crippen LogP contribution >= 0.6 is 0 Å². The highest BCUT2D eigenvalue weighted by Gasteiger charge is 2.44. The van der Waals surface area contributed by atoms with Crippen LogP contribution in [0.1, 0.15) is 59.3 Å². The predicted octanol–water partition coefficient (Wildman–Crippen LogP) is 3.28. The van der Waals surface area contributed by atoms with Crippen LogP contribution in [0.3, 0.4) is 0 Å². The maximum absolute atomic E-state index is 3.87. The van der Waals surface area contributed by atoms with E-state index in [1.54, 1.807) is 0 Å². The van der Waals surface area contributed by atoms with Crippen molar-refractivity contribution >= 4 is 0 Å². The molecule has 2 aliphatic carbocycles. The summed E-state index contributed by atoms with van der Waals surface area (Å²) in [5, 5.41) is 3.87. The van der Waals surface area contributed by atoms with E-state index in [2.05, 4.69) is 31.0 Å². The maximum atomic E-state index is 3.87. The number of nitrogens with one attached hydrogen (secondary N) is 1. The van der Waals surface area contributed by atoms with Crippen molar-refractivity contribution in [1.82, 2.24) is 10.2 Å². The zero-order valence-electron chi connectivity index (χ0n) is 13.1. The van der Waals surface area contributed by atoms with Gasteiger partial charge in [0.25, 0.3) is 0 Å². The van der Waals surface area contributed by atoms with Crippen molar-refractivity contribution in [3.05, 3.63) is 0 Å². The third-order valence-corrected chi connectivity index (χ3v) is 6.29. The lowest BCUT2D eigenvalue weighted by molar-refractivity contribution is 0.0638. The van der Waals surface area contributed by atoms with Gasteiger partial charge in [0.15, 0.2) is 0 Å². The van der Waals surface area contributed by atoms with E-state index in [1.807, 2.05) is 0 Å². The van der Waals surface area contributed by atoms with E-state index < -0.39 is 0 Å². The Kier molecular flexibility index (Phi) is 3.92. The fourth-order valence-corrected chi connectivity index (χ4v) is 4.56. The van der Waals surface area contributed by atoms with Crippen LogP contribution < -0.4 is 5.32 Å². The van der Waals surface area contributed by atoms with Crippen LogP contribution in [0, 0.1) is 17.8 Å². The van der Waals surface area contributed by atoms with E-state index in [0.717, 1.165) is 23.8 Å². The first-order valence-electron chi connectivity index (χ1n) is 8.59. The quantitative estimate of drug-likeness (QED) is 0.823. The van der Waals surface area contributed by atoms with Gasteiger partial charge < -0.3 is 5.32 Å². The van der Waals surface area contributed by atoms with Gasteiger partial charge in [0.1, 0.15) is 0 Å². The molecule has 0 bridgehead atoms. The second-order valence-corrected chi connectivity index (χ2v) is 7.78. The van der Waals surface area contributed by atoms with Crippen molar-refractivity contribution in [2.75, 3.05) is 19.6 Å². The molecule has 0 spiro atoms. The lowest BCUT2D eigenvalue weighted by atomic mass is 9.77. The third kappa shape index (κ3) is 2.85. The molecular weight excluding hydrogens is 232 g/mol.